The summed E-state index contributed by atoms with van der Waals surface area (Å²) in [5.41, 5.74) is -1.00. The molecule has 0 aromatic rings. The van der Waals surface area contributed by atoms with Crippen LogP contribution in [0.15, 0.2) is 0 Å². The van der Waals surface area contributed by atoms with Gasteiger partial charge in [-0.2, -0.15) is 0 Å². The zero-order valence-corrected chi connectivity index (χ0v) is 10.7. The molecule has 0 aliphatic carbocycles. The van der Waals surface area contributed by atoms with Crippen molar-refractivity contribution in [2.45, 2.75) is 71.3 Å². The lowest BCUT2D eigenvalue weighted by atomic mass is 9.94. The van der Waals surface area contributed by atoms with Crippen molar-refractivity contribution in [1.29, 1.82) is 0 Å². The van der Waals surface area contributed by atoms with E-state index < -0.39 is 11.6 Å². The van der Waals surface area contributed by atoms with Gasteiger partial charge in [-0.25, -0.2) is 0 Å². The predicted octanol–water partition coefficient (Wildman–Crippen LogP) is 3.17. The third kappa shape index (κ3) is 5.89. The molecule has 0 aromatic heterocycles. The molecule has 93 valence electrons. The summed E-state index contributed by atoms with van der Waals surface area (Å²) in [7, 11) is 0. The lowest BCUT2D eigenvalue weighted by Gasteiger charge is -2.25. The van der Waals surface area contributed by atoms with Gasteiger partial charge in [0.1, 0.15) is 0 Å². The molecule has 1 radical (unpaired) electrons. The van der Waals surface area contributed by atoms with Crippen molar-refractivity contribution in [3.63, 3.8) is 0 Å². The average molecular weight is 227 g/mol. The second-order valence-corrected chi connectivity index (χ2v) is 4.21. The minimum Gasteiger partial charge on any atom is -0.451 e. The Hall–Kier alpha value is -0.860. The fraction of sp³-hybridized carbons (Fsp3) is 0.846. The summed E-state index contributed by atoms with van der Waals surface area (Å²) in [6.07, 6.45) is 8.58. The van der Waals surface area contributed by atoms with Crippen molar-refractivity contribution in [2.24, 2.45) is 0 Å². The molecule has 3 nitrogen and oxygen atoms in total. The first kappa shape index (κ1) is 15.1. The Morgan fingerprint density at radius 1 is 1.19 bits per heavy atom. The van der Waals surface area contributed by atoms with Crippen LogP contribution in [0, 0.1) is 0 Å². The van der Waals surface area contributed by atoms with Crippen LogP contribution >= 0.6 is 0 Å². The highest BCUT2D eigenvalue weighted by Gasteiger charge is 2.31. The molecule has 0 bridgehead atoms. The molecular formula is C13H23O3. The van der Waals surface area contributed by atoms with E-state index in [9.17, 15) is 9.59 Å². The molecule has 0 aliphatic rings. The van der Waals surface area contributed by atoms with Gasteiger partial charge in [0, 0.05) is 6.92 Å². The molecule has 0 saturated carbocycles. The third-order valence-electron chi connectivity index (χ3n) is 2.78. The smallest absolute Gasteiger partial charge is 0.303 e. The molecule has 1 atom stereocenters. The average Bonchev–Trinajstić information content (AvgIpc) is 2.26. The van der Waals surface area contributed by atoms with Crippen molar-refractivity contribution < 1.29 is 14.3 Å². The van der Waals surface area contributed by atoms with Gasteiger partial charge in [-0.1, -0.05) is 39.5 Å². The first-order valence-corrected chi connectivity index (χ1v) is 6.19. The number of rotatable bonds is 9. The standard InChI is InChI=1S/C13H23O3/c1-4-6-7-8-9-10-13(5-2,11-14)16-12(3)15/h4-10H2,1-3H3. The van der Waals surface area contributed by atoms with Gasteiger partial charge < -0.3 is 4.74 Å². The Morgan fingerprint density at radius 2 is 1.81 bits per heavy atom. The maximum Gasteiger partial charge on any atom is 0.303 e. The number of esters is 1. The Bertz CT molecular complexity index is 213. The normalized spacial score (nSPS) is 14.2. The van der Waals surface area contributed by atoms with Crippen LogP contribution in [0.25, 0.3) is 0 Å². The first-order valence-electron chi connectivity index (χ1n) is 6.19. The minimum atomic E-state index is -1.00. The Labute approximate surface area is 98.6 Å². The zero-order chi connectivity index (χ0) is 12.4. The van der Waals surface area contributed by atoms with Crippen LogP contribution in [0.1, 0.15) is 65.7 Å². The second kappa shape index (κ2) is 8.31. The number of hydrogen-bond acceptors (Lipinski definition) is 3. The quantitative estimate of drug-likeness (QED) is 0.449. The van der Waals surface area contributed by atoms with E-state index in [-0.39, 0.29) is 0 Å². The van der Waals surface area contributed by atoms with Crippen molar-refractivity contribution in [3.05, 3.63) is 0 Å². The van der Waals surface area contributed by atoms with Gasteiger partial charge in [0.05, 0.1) is 0 Å². The van der Waals surface area contributed by atoms with Crippen LogP contribution in [-0.2, 0) is 14.3 Å². The molecule has 0 spiro atoms. The summed E-state index contributed by atoms with van der Waals surface area (Å²) < 4.78 is 5.08. The van der Waals surface area contributed by atoms with E-state index in [1.807, 2.05) is 13.2 Å². The summed E-state index contributed by atoms with van der Waals surface area (Å²) >= 11 is 0. The number of ether oxygens (including phenoxy) is 1. The first-order chi connectivity index (χ1) is 7.60. The predicted molar refractivity (Wildman–Crippen MR) is 63.9 cm³/mol. The van der Waals surface area contributed by atoms with Crippen LogP contribution in [0.5, 0.6) is 0 Å². The van der Waals surface area contributed by atoms with E-state index in [2.05, 4.69) is 6.92 Å². The Morgan fingerprint density at radius 3 is 2.25 bits per heavy atom. The van der Waals surface area contributed by atoms with Crippen LogP contribution in [-0.4, -0.2) is 17.9 Å². The van der Waals surface area contributed by atoms with Gasteiger partial charge in [-0.3, -0.25) is 9.59 Å². The van der Waals surface area contributed by atoms with Gasteiger partial charge in [0.2, 0.25) is 6.29 Å². The molecule has 0 heterocycles. The SMILES string of the molecule is CCCCCCCC([C]=O)(CC)OC(C)=O. The molecule has 1 unspecified atom stereocenters. The second-order valence-electron chi connectivity index (χ2n) is 4.21. The van der Waals surface area contributed by atoms with Crippen LogP contribution in [0.4, 0.5) is 0 Å². The van der Waals surface area contributed by atoms with Crippen LogP contribution in [0.2, 0.25) is 0 Å². The molecule has 0 N–H and O–H groups in total. The summed E-state index contributed by atoms with van der Waals surface area (Å²) in [5.74, 6) is -0.404. The van der Waals surface area contributed by atoms with Gasteiger partial charge in [0.25, 0.3) is 0 Å². The lowest BCUT2D eigenvalue weighted by Crippen LogP contribution is -2.35. The number of unbranched alkanes of at least 4 members (excludes halogenated alkanes) is 4. The molecule has 0 amide bonds. The monoisotopic (exact) mass is 227 g/mol. The molecule has 3 heteroatoms. The molecule has 0 aliphatic heterocycles. The maximum absolute atomic E-state index is 10.9. The van der Waals surface area contributed by atoms with Gasteiger partial charge in [-0.15, -0.1) is 0 Å². The molecule has 0 aromatic carbocycles. The molecular weight excluding hydrogens is 204 g/mol. The van der Waals surface area contributed by atoms with E-state index in [4.69, 9.17) is 4.74 Å². The largest absolute Gasteiger partial charge is 0.451 e. The number of carbonyl (C=O) groups excluding carboxylic acids is 2. The van der Waals surface area contributed by atoms with Crippen molar-refractivity contribution in [2.75, 3.05) is 0 Å². The summed E-state index contributed by atoms with van der Waals surface area (Å²) in [6, 6.07) is 0. The maximum atomic E-state index is 10.9. The van der Waals surface area contributed by atoms with E-state index in [0.29, 0.717) is 12.8 Å². The molecule has 0 saturated heterocycles. The van der Waals surface area contributed by atoms with Gasteiger partial charge in [-0.05, 0) is 19.3 Å². The summed E-state index contributed by atoms with van der Waals surface area (Å²) in [4.78, 5) is 21.8. The van der Waals surface area contributed by atoms with Crippen molar-refractivity contribution in [1.82, 2.24) is 0 Å². The Balaban J connectivity index is 4.01. The minimum absolute atomic E-state index is 0.404. The van der Waals surface area contributed by atoms with E-state index in [0.717, 1.165) is 12.8 Å². The highest BCUT2D eigenvalue weighted by molar-refractivity contribution is 5.73. The zero-order valence-electron chi connectivity index (χ0n) is 10.7. The molecule has 0 fully saturated rings. The van der Waals surface area contributed by atoms with E-state index in [1.54, 1.807) is 0 Å². The highest BCUT2D eigenvalue weighted by Crippen LogP contribution is 2.22. The number of hydrogen-bond donors (Lipinski definition) is 0. The van der Waals surface area contributed by atoms with Crippen LogP contribution < -0.4 is 0 Å². The summed E-state index contributed by atoms with van der Waals surface area (Å²) in [5, 5.41) is 0. The fourth-order valence-corrected chi connectivity index (χ4v) is 1.73. The number of carbonyl (C=O) groups is 1. The van der Waals surface area contributed by atoms with Crippen molar-refractivity contribution in [3.8, 4) is 0 Å². The highest BCUT2D eigenvalue weighted by atomic mass is 16.6. The topological polar surface area (TPSA) is 43.4 Å². The molecule has 16 heavy (non-hydrogen) atoms. The fourth-order valence-electron chi connectivity index (χ4n) is 1.73. The lowest BCUT2D eigenvalue weighted by molar-refractivity contribution is -0.151. The van der Waals surface area contributed by atoms with Gasteiger partial charge in [0.15, 0.2) is 5.60 Å². The Kier molecular flexibility index (Phi) is 7.86. The van der Waals surface area contributed by atoms with E-state index >= 15 is 0 Å². The molecule has 0 rings (SSSR count). The summed E-state index contributed by atoms with van der Waals surface area (Å²) in [6.45, 7) is 5.34. The van der Waals surface area contributed by atoms with Gasteiger partial charge >= 0.3 is 5.97 Å². The third-order valence-corrected chi connectivity index (χ3v) is 2.78. The van der Waals surface area contributed by atoms with Crippen molar-refractivity contribution >= 4 is 12.3 Å². The van der Waals surface area contributed by atoms with Crippen LogP contribution in [0.3, 0.4) is 0 Å². The van der Waals surface area contributed by atoms with E-state index in [1.165, 1.54) is 26.2 Å².